The van der Waals surface area contributed by atoms with Gasteiger partial charge in [0.2, 0.25) is 0 Å². The lowest BCUT2D eigenvalue weighted by Crippen LogP contribution is -2.19. The molecule has 0 unspecified atom stereocenters. The molecular formula is C25H19N3O6S. The largest absolute Gasteiger partial charge is 0.490 e. The molecule has 0 spiro atoms. The van der Waals surface area contributed by atoms with Crippen molar-refractivity contribution in [3.8, 4) is 11.5 Å². The monoisotopic (exact) mass is 489 g/mol. The zero-order valence-corrected chi connectivity index (χ0v) is 19.3. The van der Waals surface area contributed by atoms with E-state index in [2.05, 4.69) is 10.3 Å². The average molecular weight is 490 g/mol. The van der Waals surface area contributed by atoms with E-state index in [1.54, 1.807) is 31.2 Å². The number of nitro benzene ring substituents is 1. The lowest BCUT2D eigenvalue weighted by Gasteiger charge is -2.11. The Morgan fingerprint density at radius 1 is 1.09 bits per heavy atom. The van der Waals surface area contributed by atoms with E-state index >= 15 is 0 Å². The van der Waals surface area contributed by atoms with Crippen LogP contribution in [0.4, 0.5) is 11.4 Å². The van der Waals surface area contributed by atoms with E-state index in [9.17, 15) is 19.7 Å². The van der Waals surface area contributed by atoms with E-state index < -0.39 is 10.9 Å². The number of hydrogen-bond donors (Lipinski definition) is 1. The van der Waals surface area contributed by atoms with Gasteiger partial charge in [-0.3, -0.25) is 14.9 Å². The maximum Gasteiger partial charge on any atom is 0.343 e. The zero-order valence-electron chi connectivity index (χ0n) is 18.5. The maximum absolute atomic E-state index is 12.5. The van der Waals surface area contributed by atoms with E-state index in [1.165, 1.54) is 36.0 Å². The normalized spacial score (nSPS) is 15.2. The number of amides is 1. The van der Waals surface area contributed by atoms with Crippen LogP contribution in [0.1, 0.15) is 22.8 Å². The number of benzene rings is 3. The predicted octanol–water partition coefficient (Wildman–Crippen LogP) is 5.10. The minimum absolute atomic E-state index is 0.125. The van der Waals surface area contributed by atoms with Crippen molar-refractivity contribution in [1.82, 2.24) is 5.32 Å². The fraction of sp³-hybridized carbons (Fsp3) is 0.0800. The van der Waals surface area contributed by atoms with Crippen LogP contribution in [0, 0.1) is 10.1 Å². The number of hydrogen-bond acceptors (Lipinski definition) is 8. The molecule has 9 nitrogen and oxygen atoms in total. The molecule has 0 atom stereocenters. The Kier molecular flexibility index (Phi) is 7.22. The molecule has 1 saturated heterocycles. The minimum atomic E-state index is -0.681. The number of rotatable bonds is 7. The number of nitro groups is 1. The topological polar surface area (TPSA) is 120 Å². The molecule has 1 N–H and O–H groups in total. The molecular weight excluding hydrogens is 470 g/mol. The lowest BCUT2D eigenvalue weighted by atomic mass is 10.1. The Balaban J connectivity index is 1.52. The Hall–Kier alpha value is -4.44. The summed E-state index contributed by atoms with van der Waals surface area (Å²) in [6.45, 7) is 2.12. The quantitative estimate of drug-likeness (QED) is 0.161. The van der Waals surface area contributed by atoms with Crippen LogP contribution in [0.25, 0.3) is 6.08 Å². The van der Waals surface area contributed by atoms with Crippen LogP contribution >= 0.6 is 11.8 Å². The van der Waals surface area contributed by atoms with Crippen LogP contribution in [-0.2, 0) is 4.79 Å². The molecule has 176 valence electrons. The number of para-hydroxylation sites is 1. The summed E-state index contributed by atoms with van der Waals surface area (Å²) in [6.07, 6.45) is 1.69. The molecule has 0 bridgehead atoms. The molecule has 0 aliphatic carbocycles. The standard InChI is InChI=1S/C25H19N3O6S/c1-2-33-21-14-16(15-22-23(29)27-25(35-22)26-18-6-4-3-5-7-18)8-13-20(21)34-24(30)17-9-11-19(12-10-17)28(31)32/h3-15H,2H2,1H3,(H,26,27,29)/b22-15+. The van der Waals surface area contributed by atoms with Gasteiger partial charge in [0.15, 0.2) is 16.7 Å². The minimum Gasteiger partial charge on any atom is -0.490 e. The number of carbonyl (C=O) groups is 2. The highest BCUT2D eigenvalue weighted by atomic mass is 32.2. The van der Waals surface area contributed by atoms with Gasteiger partial charge < -0.3 is 14.8 Å². The third-order valence-electron chi connectivity index (χ3n) is 4.72. The first kappa shape index (κ1) is 23.7. The third-order valence-corrected chi connectivity index (χ3v) is 5.63. The number of ether oxygens (including phenoxy) is 2. The van der Waals surface area contributed by atoms with E-state index in [1.807, 2.05) is 30.3 Å². The Morgan fingerprint density at radius 3 is 2.51 bits per heavy atom. The summed E-state index contributed by atoms with van der Waals surface area (Å²) in [4.78, 5) is 40.1. The van der Waals surface area contributed by atoms with Gasteiger partial charge in [-0.2, -0.15) is 0 Å². The molecule has 3 aromatic carbocycles. The van der Waals surface area contributed by atoms with Gasteiger partial charge in [0.25, 0.3) is 11.6 Å². The number of carbonyl (C=O) groups excluding carboxylic acids is 2. The van der Waals surface area contributed by atoms with Gasteiger partial charge >= 0.3 is 5.97 Å². The molecule has 0 radical (unpaired) electrons. The molecule has 1 aliphatic heterocycles. The summed E-state index contributed by atoms with van der Waals surface area (Å²) in [5.74, 6) is -0.443. The summed E-state index contributed by atoms with van der Waals surface area (Å²) in [5, 5.41) is 14.0. The van der Waals surface area contributed by atoms with Crippen LogP contribution in [0.2, 0.25) is 0 Å². The molecule has 35 heavy (non-hydrogen) atoms. The van der Waals surface area contributed by atoms with Crippen molar-refractivity contribution < 1.29 is 24.0 Å². The van der Waals surface area contributed by atoms with Gasteiger partial charge in [-0.25, -0.2) is 9.79 Å². The second kappa shape index (κ2) is 10.7. The predicted molar refractivity (Wildman–Crippen MR) is 133 cm³/mol. The fourth-order valence-electron chi connectivity index (χ4n) is 3.10. The number of nitrogens with zero attached hydrogens (tertiary/aromatic N) is 2. The van der Waals surface area contributed by atoms with Gasteiger partial charge in [0.05, 0.1) is 27.7 Å². The molecule has 0 aromatic heterocycles. The van der Waals surface area contributed by atoms with Crippen LogP contribution in [0.15, 0.2) is 82.7 Å². The van der Waals surface area contributed by atoms with Crippen molar-refractivity contribution in [1.29, 1.82) is 0 Å². The number of thioether (sulfide) groups is 1. The van der Waals surface area contributed by atoms with Gasteiger partial charge in [0.1, 0.15) is 0 Å². The van der Waals surface area contributed by atoms with Gasteiger partial charge in [-0.15, -0.1) is 0 Å². The van der Waals surface area contributed by atoms with Crippen molar-refractivity contribution >= 4 is 46.3 Å². The van der Waals surface area contributed by atoms with E-state index in [0.29, 0.717) is 28.0 Å². The van der Waals surface area contributed by atoms with Crippen LogP contribution in [0.3, 0.4) is 0 Å². The first-order chi connectivity index (χ1) is 16.9. The molecule has 1 aliphatic rings. The first-order valence-corrected chi connectivity index (χ1v) is 11.3. The number of esters is 1. The SMILES string of the molecule is CCOc1cc(/C=C2/SC(=Nc3ccccc3)NC2=O)ccc1OC(=O)c1ccc([N+](=O)[O-])cc1. The van der Waals surface area contributed by atoms with Gasteiger partial charge in [0, 0.05) is 12.1 Å². The number of aliphatic imine (C=N–C) groups is 1. The van der Waals surface area contributed by atoms with E-state index in [-0.39, 0.29) is 22.9 Å². The second-order valence-electron chi connectivity index (χ2n) is 7.15. The first-order valence-electron chi connectivity index (χ1n) is 10.5. The highest BCUT2D eigenvalue weighted by Crippen LogP contribution is 2.33. The zero-order chi connectivity index (χ0) is 24.8. The highest BCUT2D eigenvalue weighted by Gasteiger charge is 2.24. The molecule has 0 saturated carbocycles. The summed E-state index contributed by atoms with van der Waals surface area (Å²) >= 11 is 1.22. The third kappa shape index (κ3) is 5.92. The number of nitrogens with one attached hydrogen (secondary N) is 1. The molecule has 10 heteroatoms. The van der Waals surface area contributed by atoms with E-state index in [0.717, 1.165) is 5.69 Å². The molecule has 1 heterocycles. The summed E-state index contributed by atoms with van der Waals surface area (Å²) in [5.41, 5.74) is 1.44. The van der Waals surface area contributed by atoms with Crippen molar-refractivity contribution in [2.45, 2.75) is 6.92 Å². The van der Waals surface area contributed by atoms with Crippen molar-refractivity contribution in [3.63, 3.8) is 0 Å². The van der Waals surface area contributed by atoms with Crippen LogP contribution in [-0.4, -0.2) is 28.6 Å². The molecule has 1 amide bonds. The lowest BCUT2D eigenvalue weighted by molar-refractivity contribution is -0.384. The molecule has 3 aromatic rings. The molecule has 4 rings (SSSR count). The van der Waals surface area contributed by atoms with Gasteiger partial charge in [-0.05, 0) is 66.7 Å². The highest BCUT2D eigenvalue weighted by molar-refractivity contribution is 8.18. The number of amidine groups is 1. The fourth-order valence-corrected chi connectivity index (χ4v) is 3.94. The van der Waals surface area contributed by atoms with Crippen molar-refractivity contribution in [2.75, 3.05) is 6.61 Å². The van der Waals surface area contributed by atoms with E-state index in [4.69, 9.17) is 9.47 Å². The molecule has 1 fully saturated rings. The second-order valence-corrected chi connectivity index (χ2v) is 8.18. The Bertz CT molecular complexity index is 1340. The van der Waals surface area contributed by atoms with Crippen molar-refractivity contribution in [3.05, 3.63) is 98.9 Å². The van der Waals surface area contributed by atoms with Gasteiger partial charge in [-0.1, -0.05) is 24.3 Å². The summed E-state index contributed by atoms with van der Waals surface area (Å²) in [6, 6.07) is 19.3. The maximum atomic E-state index is 12.5. The summed E-state index contributed by atoms with van der Waals surface area (Å²) in [7, 11) is 0. The van der Waals surface area contributed by atoms with Crippen LogP contribution in [0.5, 0.6) is 11.5 Å². The average Bonchev–Trinajstić information content (AvgIpc) is 3.19. The Labute approximate surface area is 204 Å². The smallest absolute Gasteiger partial charge is 0.343 e. The van der Waals surface area contributed by atoms with Crippen LogP contribution < -0.4 is 14.8 Å². The Morgan fingerprint density at radius 2 is 1.83 bits per heavy atom. The van der Waals surface area contributed by atoms with Crippen molar-refractivity contribution in [2.24, 2.45) is 4.99 Å². The number of non-ortho nitro benzene ring substituents is 1. The summed E-state index contributed by atoms with van der Waals surface area (Å²) < 4.78 is 11.1.